The van der Waals surface area contributed by atoms with Crippen molar-refractivity contribution in [2.45, 2.75) is 32.7 Å². The Balaban J connectivity index is 2.50. The summed E-state index contributed by atoms with van der Waals surface area (Å²) in [6, 6.07) is 4.96. The molecule has 6 nitrogen and oxygen atoms in total. The van der Waals surface area contributed by atoms with Gasteiger partial charge >= 0.3 is 12.0 Å². The van der Waals surface area contributed by atoms with Gasteiger partial charge in [0.25, 0.3) is 5.91 Å². The first kappa shape index (κ1) is 15.0. The van der Waals surface area contributed by atoms with E-state index in [1.54, 1.807) is 6.92 Å². The zero-order chi connectivity index (χ0) is 15.8. The van der Waals surface area contributed by atoms with E-state index in [4.69, 9.17) is 5.11 Å². The van der Waals surface area contributed by atoms with Crippen molar-refractivity contribution < 1.29 is 19.5 Å². The number of aryl methyl sites for hydroxylation is 2. The van der Waals surface area contributed by atoms with Crippen LogP contribution in [0.1, 0.15) is 30.0 Å². The van der Waals surface area contributed by atoms with Gasteiger partial charge in [0.05, 0.1) is 0 Å². The largest absolute Gasteiger partial charge is 0.480 e. The van der Waals surface area contributed by atoms with E-state index >= 15 is 0 Å². The van der Waals surface area contributed by atoms with Crippen LogP contribution in [0.3, 0.4) is 0 Å². The lowest BCUT2D eigenvalue weighted by Crippen LogP contribution is -2.44. The molecule has 6 heteroatoms. The maximum absolute atomic E-state index is 12.6. The summed E-state index contributed by atoms with van der Waals surface area (Å²) >= 11 is 0. The lowest BCUT2D eigenvalue weighted by atomic mass is 9.84. The van der Waals surface area contributed by atoms with Gasteiger partial charge in [0.1, 0.15) is 12.1 Å². The van der Waals surface area contributed by atoms with E-state index in [0.29, 0.717) is 12.0 Å². The number of carbonyl (C=O) groups excluding carboxylic acids is 2. The predicted octanol–water partition coefficient (Wildman–Crippen LogP) is 1.55. The molecule has 1 aliphatic rings. The van der Waals surface area contributed by atoms with Crippen molar-refractivity contribution in [3.8, 4) is 0 Å². The van der Waals surface area contributed by atoms with Crippen LogP contribution in [0.15, 0.2) is 18.2 Å². The number of carboxylic acids is 1. The molecule has 0 bridgehead atoms. The standard InChI is InChI=1S/C15H18N2O4/c1-4-15(11-6-5-9(2)7-10(11)3)13(20)17(8-12(18)19)14(21)16-15/h5-7H,4,8H2,1-3H3,(H,16,21)(H,18,19). The Morgan fingerprint density at radius 1 is 1.33 bits per heavy atom. The normalized spacial score (nSPS) is 21.6. The third-order valence-electron chi connectivity index (χ3n) is 3.84. The van der Waals surface area contributed by atoms with Gasteiger partial charge in [0.2, 0.25) is 0 Å². The number of aliphatic carboxylic acids is 1. The van der Waals surface area contributed by atoms with Gasteiger partial charge in [-0.1, -0.05) is 30.7 Å². The van der Waals surface area contributed by atoms with Crippen LogP contribution in [0.2, 0.25) is 0 Å². The summed E-state index contributed by atoms with van der Waals surface area (Å²) < 4.78 is 0. The molecule has 112 valence electrons. The van der Waals surface area contributed by atoms with Crippen LogP contribution in [-0.4, -0.2) is 34.5 Å². The van der Waals surface area contributed by atoms with Gasteiger partial charge in [0.15, 0.2) is 0 Å². The van der Waals surface area contributed by atoms with E-state index in [2.05, 4.69) is 5.32 Å². The fraction of sp³-hybridized carbons (Fsp3) is 0.400. The van der Waals surface area contributed by atoms with Crippen LogP contribution in [0.4, 0.5) is 4.79 Å². The lowest BCUT2D eigenvalue weighted by molar-refractivity contribution is -0.143. The Labute approximate surface area is 122 Å². The molecule has 0 spiro atoms. The number of urea groups is 1. The van der Waals surface area contributed by atoms with Crippen molar-refractivity contribution in [2.75, 3.05) is 6.54 Å². The first-order chi connectivity index (χ1) is 9.81. The number of hydrogen-bond acceptors (Lipinski definition) is 3. The second-order valence-corrected chi connectivity index (χ2v) is 5.29. The predicted molar refractivity (Wildman–Crippen MR) is 75.8 cm³/mol. The Morgan fingerprint density at radius 2 is 2.00 bits per heavy atom. The van der Waals surface area contributed by atoms with Crippen LogP contribution in [0.5, 0.6) is 0 Å². The number of carbonyl (C=O) groups is 3. The van der Waals surface area contributed by atoms with Gasteiger partial charge in [-0.2, -0.15) is 0 Å². The first-order valence-electron chi connectivity index (χ1n) is 6.75. The van der Waals surface area contributed by atoms with Crippen LogP contribution in [0.25, 0.3) is 0 Å². The second-order valence-electron chi connectivity index (χ2n) is 5.29. The third kappa shape index (κ3) is 2.37. The molecule has 1 aromatic carbocycles. The molecule has 3 amide bonds. The maximum atomic E-state index is 12.6. The summed E-state index contributed by atoms with van der Waals surface area (Å²) in [5.41, 5.74) is 1.48. The Kier molecular flexibility index (Phi) is 3.72. The third-order valence-corrected chi connectivity index (χ3v) is 3.84. The zero-order valence-electron chi connectivity index (χ0n) is 12.3. The average Bonchev–Trinajstić information content (AvgIpc) is 2.63. The molecule has 1 unspecified atom stereocenters. The minimum Gasteiger partial charge on any atom is -0.480 e. The number of nitrogens with one attached hydrogen (secondary N) is 1. The highest BCUT2D eigenvalue weighted by Crippen LogP contribution is 2.34. The van der Waals surface area contributed by atoms with E-state index in [1.165, 1.54) is 0 Å². The van der Waals surface area contributed by atoms with Crippen molar-refractivity contribution >= 4 is 17.9 Å². The first-order valence-corrected chi connectivity index (χ1v) is 6.75. The fourth-order valence-corrected chi connectivity index (χ4v) is 2.81. The van der Waals surface area contributed by atoms with Crippen molar-refractivity contribution in [1.29, 1.82) is 0 Å². The Hall–Kier alpha value is -2.37. The number of benzene rings is 1. The smallest absolute Gasteiger partial charge is 0.325 e. The van der Waals surface area contributed by atoms with Crippen molar-refractivity contribution in [2.24, 2.45) is 0 Å². The monoisotopic (exact) mass is 290 g/mol. The molecule has 2 N–H and O–H groups in total. The molecule has 0 aliphatic carbocycles. The molecule has 1 heterocycles. The Bertz CT molecular complexity index is 626. The Morgan fingerprint density at radius 3 is 2.52 bits per heavy atom. The number of hydrogen-bond donors (Lipinski definition) is 2. The van der Waals surface area contributed by atoms with Gasteiger partial charge in [-0.05, 0) is 31.4 Å². The molecule has 0 radical (unpaired) electrons. The van der Waals surface area contributed by atoms with Crippen molar-refractivity contribution in [1.82, 2.24) is 10.2 Å². The molecule has 2 rings (SSSR count). The number of imide groups is 1. The number of carboxylic acid groups (broad SMARTS) is 1. The minimum absolute atomic E-state index is 0.359. The topological polar surface area (TPSA) is 86.7 Å². The van der Waals surface area contributed by atoms with Gasteiger partial charge in [-0.15, -0.1) is 0 Å². The van der Waals surface area contributed by atoms with E-state index in [0.717, 1.165) is 16.0 Å². The number of nitrogens with zero attached hydrogens (tertiary/aromatic N) is 1. The molecule has 1 aliphatic heterocycles. The van der Waals surface area contributed by atoms with Crippen LogP contribution in [0, 0.1) is 13.8 Å². The number of rotatable bonds is 4. The van der Waals surface area contributed by atoms with E-state index in [9.17, 15) is 14.4 Å². The molecule has 1 atom stereocenters. The lowest BCUT2D eigenvalue weighted by Gasteiger charge is -2.27. The second kappa shape index (κ2) is 5.20. The zero-order valence-corrected chi connectivity index (χ0v) is 12.3. The van der Waals surface area contributed by atoms with Crippen molar-refractivity contribution in [3.05, 3.63) is 34.9 Å². The molecule has 1 saturated heterocycles. The minimum atomic E-state index is -1.22. The van der Waals surface area contributed by atoms with E-state index in [-0.39, 0.29) is 0 Å². The highest BCUT2D eigenvalue weighted by Gasteiger charge is 2.52. The molecule has 21 heavy (non-hydrogen) atoms. The van der Waals surface area contributed by atoms with Crippen LogP contribution < -0.4 is 5.32 Å². The summed E-state index contributed by atoms with van der Waals surface area (Å²) in [7, 11) is 0. The summed E-state index contributed by atoms with van der Waals surface area (Å²) in [6.07, 6.45) is 0.359. The molecular formula is C15H18N2O4. The average molecular weight is 290 g/mol. The summed E-state index contributed by atoms with van der Waals surface area (Å²) in [4.78, 5) is 36.2. The highest BCUT2D eigenvalue weighted by molar-refractivity contribution is 6.09. The van der Waals surface area contributed by atoms with Gasteiger partial charge in [-0.25, -0.2) is 4.79 Å². The maximum Gasteiger partial charge on any atom is 0.325 e. The molecular weight excluding hydrogens is 272 g/mol. The molecule has 1 aromatic rings. The molecule has 0 aromatic heterocycles. The highest BCUT2D eigenvalue weighted by atomic mass is 16.4. The quantitative estimate of drug-likeness (QED) is 0.824. The van der Waals surface area contributed by atoms with Gasteiger partial charge in [0, 0.05) is 0 Å². The summed E-state index contributed by atoms with van der Waals surface area (Å²) in [5, 5.41) is 11.5. The van der Waals surface area contributed by atoms with Gasteiger partial charge < -0.3 is 10.4 Å². The van der Waals surface area contributed by atoms with Crippen LogP contribution in [-0.2, 0) is 15.1 Å². The van der Waals surface area contributed by atoms with Crippen LogP contribution >= 0.6 is 0 Å². The number of amides is 3. The molecule has 0 saturated carbocycles. The van der Waals surface area contributed by atoms with E-state index < -0.39 is 30.0 Å². The fourth-order valence-electron chi connectivity index (χ4n) is 2.81. The van der Waals surface area contributed by atoms with E-state index in [1.807, 2.05) is 32.0 Å². The summed E-state index contributed by atoms with van der Waals surface area (Å²) in [6.45, 7) is 4.99. The van der Waals surface area contributed by atoms with Gasteiger partial charge in [-0.3, -0.25) is 14.5 Å². The molecule has 1 fully saturated rings. The SMILES string of the molecule is CCC1(c2ccc(C)cc2C)NC(=O)N(CC(=O)O)C1=O. The summed E-state index contributed by atoms with van der Waals surface area (Å²) in [5.74, 6) is -1.73. The van der Waals surface area contributed by atoms with Crippen molar-refractivity contribution in [3.63, 3.8) is 0 Å².